The van der Waals surface area contributed by atoms with Crippen LogP contribution in [0.1, 0.15) is 58.6 Å². The third-order valence-corrected chi connectivity index (χ3v) is 5.75. The summed E-state index contributed by atoms with van der Waals surface area (Å²) in [6.45, 7) is 0.709. The van der Waals surface area contributed by atoms with Crippen LogP contribution in [0.5, 0.6) is 0 Å². The highest BCUT2D eigenvalue weighted by molar-refractivity contribution is 5.99. The van der Waals surface area contributed by atoms with E-state index in [0.717, 1.165) is 25.0 Å². The summed E-state index contributed by atoms with van der Waals surface area (Å²) < 4.78 is 6.73. The van der Waals surface area contributed by atoms with E-state index in [1.54, 1.807) is 6.07 Å². The second-order valence-electron chi connectivity index (χ2n) is 7.34. The summed E-state index contributed by atoms with van der Waals surface area (Å²) in [7, 11) is 1.34. The number of fused-ring (bicyclic) bond motifs is 1. The van der Waals surface area contributed by atoms with Crippen LogP contribution in [0.2, 0.25) is 0 Å². The molecule has 1 aromatic rings. The Bertz CT molecular complexity index is 744. The molecule has 0 unspecified atom stereocenters. The van der Waals surface area contributed by atoms with Crippen LogP contribution >= 0.6 is 0 Å². The lowest BCUT2D eigenvalue weighted by Crippen LogP contribution is -2.77. The van der Waals surface area contributed by atoms with Gasteiger partial charge in [-0.25, -0.2) is 4.79 Å². The molecule has 1 aliphatic heterocycles. The number of aromatic nitrogens is 1. The number of hydrogen-bond acceptors (Lipinski definition) is 4. The minimum absolute atomic E-state index is 0.230. The summed E-state index contributed by atoms with van der Waals surface area (Å²) in [6, 6.07) is 1.61. The number of nitrogens with one attached hydrogen (secondary N) is 1. The lowest BCUT2D eigenvalue weighted by molar-refractivity contribution is -0.196. The first kappa shape index (κ1) is 15.2. The molecule has 2 heterocycles. The van der Waals surface area contributed by atoms with Crippen molar-refractivity contribution in [2.75, 3.05) is 7.11 Å². The second-order valence-corrected chi connectivity index (χ2v) is 7.34. The number of carbonyl (C=O) groups is 3. The van der Waals surface area contributed by atoms with Crippen LogP contribution in [0.25, 0.3) is 0 Å². The largest absolute Gasteiger partial charge is 0.481 e. The Kier molecular flexibility index (Phi) is 3.07. The Labute approximate surface area is 139 Å². The first-order chi connectivity index (χ1) is 11.4. The Hall–Kier alpha value is -2.31. The van der Waals surface area contributed by atoms with Crippen molar-refractivity contribution in [2.24, 2.45) is 5.41 Å². The van der Waals surface area contributed by atoms with E-state index < -0.39 is 17.4 Å². The van der Waals surface area contributed by atoms with Crippen molar-refractivity contribution < 1.29 is 24.2 Å². The predicted molar refractivity (Wildman–Crippen MR) is 82.8 cm³/mol. The third kappa shape index (κ3) is 1.93. The van der Waals surface area contributed by atoms with Gasteiger partial charge >= 0.3 is 11.9 Å². The highest BCUT2D eigenvalue weighted by Crippen LogP contribution is 2.67. The summed E-state index contributed by atoms with van der Waals surface area (Å²) in [6.07, 6.45) is 4.20. The lowest BCUT2D eigenvalue weighted by Gasteiger charge is -2.67. The summed E-state index contributed by atoms with van der Waals surface area (Å²) in [4.78, 5) is 35.9. The Balaban J connectivity index is 1.56. The fraction of sp³-hybridized carbons (Fsp3) is 0.588. The number of amides is 1. The van der Waals surface area contributed by atoms with E-state index in [-0.39, 0.29) is 11.4 Å². The molecule has 128 valence electrons. The Morgan fingerprint density at radius 3 is 2.58 bits per heavy atom. The molecule has 24 heavy (non-hydrogen) atoms. The maximum absolute atomic E-state index is 12.7. The van der Waals surface area contributed by atoms with E-state index in [4.69, 9.17) is 4.74 Å². The van der Waals surface area contributed by atoms with Crippen molar-refractivity contribution in [1.29, 1.82) is 0 Å². The SMILES string of the molecule is COC(=O)c1cc(C(=O)NC23CC(C(=O)O)(C2)C3)n2c1CCCC2. The smallest absolute Gasteiger partial charge is 0.339 e. The molecule has 3 aliphatic carbocycles. The van der Waals surface area contributed by atoms with Gasteiger partial charge in [-0.15, -0.1) is 0 Å². The summed E-state index contributed by atoms with van der Waals surface area (Å²) in [5.41, 5.74) is 0.794. The average Bonchev–Trinajstić information content (AvgIpc) is 2.87. The van der Waals surface area contributed by atoms with Crippen molar-refractivity contribution in [2.45, 2.75) is 50.6 Å². The predicted octanol–water partition coefficient (Wildman–Crippen LogP) is 1.35. The number of rotatable bonds is 4. The van der Waals surface area contributed by atoms with Gasteiger partial charge in [0.15, 0.2) is 0 Å². The van der Waals surface area contributed by atoms with Gasteiger partial charge in [0.1, 0.15) is 5.69 Å². The van der Waals surface area contributed by atoms with E-state index in [1.165, 1.54) is 7.11 Å². The summed E-state index contributed by atoms with van der Waals surface area (Å²) >= 11 is 0. The highest BCUT2D eigenvalue weighted by Gasteiger charge is 2.72. The van der Waals surface area contributed by atoms with Gasteiger partial charge in [-0.05, 0) is 44.6 Å². The number of carbonyl (C=O) groups excluding carboxylic acids is 2. The zero-order valence-electron chi connectivity index (χ0n) is 13.6. The maximum atomic E-state index is 12.7. The fourth-order valence-electron chi connectivity index (χ4n) is 4.60. The average molecular weight is 332 g/mol. The van der Waals surface area contributed by atoms with Gasteiger partial charge in [0.2, 0.25) is 0 Å². The number of ether oxygens (including phenoxy) is 1. The highest BCUT2D eigenvalue weighted by atomic mass is 16.5. The first-order valence-corrected chi connectivity index (χ1v) is 8.26. The molecule has 7 heteroatoms. The fourth-order valence-corrected chi connectivity index (χ4v) is 4.60. The molecule has 3 saturated carbocycles. The van der Waals surface area contributed by atoms with E-state index in [0.29, 0.717) is 37.1 Å². The number of methoxy groups -OCH3 is 1. The minimum atomic E-state index is -0.772. The van der Waals surface area contributed by atoms with Crippen molar-refractivity contribution in [1.82, 2.24) is 9.88 Å². The molecule has 0 atom stereocenters. The van der Waals surface area contributed by atoms with Crippen molar-refractivity contribution in [3.8, 4) is 0 Å². The standard InChI is InChI=1S/C17H20N2O5/c1-24-14(21)10-6-12(19-5-3-2-4-11(10)19)13(20)18-17-7-16(8-17,9-17)15(22)23/h6H,2-5,7-9H2,1H3,(H,18,20)(H,22,23). The van der Waals surface area contributed by atoms with Crippen LogP contribution in [0.4, 0.5) is 0 Å². The van der Waals surface area contributed by atoms with Gasteiger partial charge in [0, 0.05) is 17.8 Å². The van der Waals surface area contributed by atoms with E-state index >= 15 is 0 Å². The number of hydrogen-bond donors (Lipinski definition) is 2. The molecule has 2 bridgehead atoms. The Morgan fingerprint density at radius 2 is 1.96 bits per heavy atom. The molecule has 5 rings (SSSR count). The molecular formula is C17H20N2O5. The molecular weight excluding hydrogens is 312 g/mol. The minimum Gasteiger partial charge on any atom is -0.481 e. The molecule has 0 saturated heterocycles. The van der Waals surface area contributed by atoms with Gasteiger partial charge in [-0.3, -0.25) is 9.59 Å². The van der Waals surface area contributed by atoms with Gasteiger partial charge in [0.25, 0.3) is 5.91 Å². The van der Waals surface area contributed by atoms with E-state index in [2.05, 4.69) is 5.32 Å². The maximum Gasteiger partial charge on any atom is 0.339 e. The van der Waals surface area contributed by atoms with Crippen LogP contribution in [-0.2, 0) is 22.5 Å². The molecule has 4 aliphatic rings. The molecule has 2 N–H and O–H groups in total. The zero-order chi connectivity index (χ0) is 17.1. The molecule has 1 amide bonds. The molecule has 1 aromatic heterocycles. The number of nitrogens with zero attached hydrogens (tertiary/aromatic N) is 1. The third-order valence-electron chi connectivity index (χ3n) is 5.75. The Morgan fingerprint density at radius 1 is 1.25 bits per heavy atom. The number of esters is 1. The molecule has 7 nitrogen and oxygen atoms in total. The van der Waals surface area contributed by atoms with Gasteiger partial charge in [-0.2, -0.15) is 0 Å². The zero-order valence-corrected chi connectivity index (χ0v) is 13.6. The van der Waals surface area contributed by atoms with Crippen LogP contribution in [0.3, 0.4) is 0 Å². The second kappa shape index (κ2) is 4.84. The van der Waals surface area contributed by atoms with Gasteiger partial charge in [-0.1, -0.05) is 0 Å². The van der Waals surface area contributed by atoms with Crippen LogP contribution < -0.4 is 5.32 Å². The van der Waals surface area contributed by atoms with E-state index in [9.17, 15) is 19.5 Å². The normalized spacial score (nSPS) is 29.7. The molecule has 3 fully saturated rings. The van der Waals surface area contributed by atoms with Gasteiger partial charge < -0.3 is 19.7 Å². The van der Waals surface area contributed by atoms with E-state index in [1.807, 2.05) is 4.57 Å². The molecule has 0 radical (unpaired) electrons. The molecule has 0 aromatic carbocycles. The summed E-state index contributed by atoms with van der Waals surface area (Å²) in [5.74, 6) is -1.42. The number of carboxylic acids is 1. The van der Waals surface area contributed by atoms with Crippen LogP contribution in [-0.4, -0.2) is 40.2 Å². The first-order valence-electron chi connectivity index (χ1n) is 8.26. The van der Waals surface area contributed by atoms with Crippen molar-refractivity contribution in [3.63, 3.8) is 0 Å². The van der Waals surface area contributed by atoms with Crippen LogP contribution in [0, 0.1) is 5.41 Å². The molecule has 0 spiro atoms. The monoisotopic (exact) mass is 332 g/mol. The van der Waals surface area contributed by atoms with Gasteiger partial charge in [0.05, 0.1) is 18.1 Å². The summed E-state index contributed by atoms with van der Waals surface area (Å²) in [5, 5.41) is 12.2. The quantitative estimate of drug-likeness (QED) is 0.811. The number of carboxylic acid groups (broad SMARTS) is 1. The van der Waals surface area contributed by atoms with Crippen LogP contribution in [0.15, 0.2) is 6.07 Å². The lowest BCUT2D eigenvalue weighted by atomic mass is 9.39. The number of aliphatic carboxylic acids is 1. The van der Waals surface area contributed by atoms with Crippen molar-refractivity contribution in [3.05, 3.63) is 23.0 Å². The topological polar surface area (TPSA) is 97.6 Å². The van der Waals surface area contributed by atoms with Crippen molar-refractivity contribution >= 4 is 17.8 Å².